The van der Waals surface area contributed by atoms with Crippen LogP contribution >= 0.6 is 15.9 Å². The lowest BCUT2D eigenvalue weighted by molar-refractivity contribution is 0.102. The highest BCUT2D eigenvalue weighted by molar-refractivity contribution is 9.10. The molecule has 0 bridgehead atoms. The molecule has 0 aliphatic heterocycles. The first-order chi connectivity index (χ1) is 15.6. The van der Waals surface area contributed by atoms with Crippen molar-refractivity contribution in [1.29, 1.82) is 0 Å². The van der Waals surface area contributed by atoms with Crippen LogP contribution in [0.3, 0.4) is 0 Å². The Morgan fingerprint density at radius 1 is 1.00 bits per heavy atom. The lowest BCUT2D eigenvalue weighted by Crippen LogP contribution is -2.13. The van der Waals surface area contributed by atoms with Crippen molar-refractivity contribution in [3.05, 3.63) is 70.8 Å². The molecule has 0 aliphatic rings. The Balaban J connectivity index is 1.43. The maximum Gasteiger partial charge on any atom is 0.259 e. The summed E-state index contributed by atoms with van der Waals surface area (Å²) in [6.45, 7) is 0. The molecule has 0 saturated carbocycles. The molecule has 2 N–H and O–H groups in total. The zero-order chi connectivity index (χ0) is 22.5. The molecule has 4 rings (SSSR count). The monoisotopic (exact) mass is 495 g/mol. The number of nitrogens with one attached hydrogen (secondary N) is 2. The van der Waals surface area contributed by atoms with Gasteiger partial charge >= 0.3 is 0 Å². The molecule has 0 saturated heterocycles. The Bertz CT molecular complexity index is 1230. The number of ether oxygens (including phenoxy) is 3. The number of carbonyl (C=O) groups is 1. The SMILES string of the molecule is COc1ccc(-c2nc(NC(=O)c3ccc(Oc4ccc(Br)cc4)nc3)n[nH]2)c(OC)c1. The first kappa shape index (κ1) is 21.3. The average molecular weight is 496 g/mol. The molecule has 0 radical (unpaired) electrons. The van der Waals surface area contributed by atoms with Gasteiger partial charge in [-0.05, 0) is 42.5 Å². The van der Waals surface area contributed by atoms with Crippen molar-refractivity contribution in [2.24, 2.45) is 0 Å². The van der Waals surface area contributed by atoms with Gasteiger partial charge in [0, 0.05) is 22.8 Å². The lowest BCUT2D eigenvalue weighted by atomic mass is 10.2. The number of rotatable bonds is 7. The van der Waals surface area contributed by atoms with Crippen LogP contribution < -0.4 is 19.5 Å². The molecule has 0 aliphatic carbocycles. The summed E-state index contributed by atoms with van der Waals surface area (Å²) in [7, 11) is 3.12. The van der Waals surface area contributed by atoms with Gasteiger partial charge in [-0.25, -0.2) is 4.98 Å². The highest BCUT2D eigenvalue weighted by atomic mass is 79.9. The number of halogens is 1. The first-order valence-electron chi connectivity index (χ1n) is 9.41. The number of aromatic nitrogens is 4. The van der Waals surface area contributed by atoms with Gasteiger partial charge in [0.1, 0.15) is 17.2 Å². The van der Waals surface area contributed by atoms with Gasteiger partial charge in [0.2, 0.25) is 11.8 Å². The Morgan fingerprint density at radius 3 is 2.47 bits per heavy atom. The van der Waals surface area contributed by atoms with Gasteiger partial charge in [0.05, 0.1) is 25.3 Å². The second-order valence-electron chi connectivity index (χ2n) is 6.47. The van der Waals surface area contributed by atoms with E-state index in [1.807, 2.05) is 24.3 Å². The molecule has 0 spiro atoms. The van der Waals surface area contributed by atoms with Gasteiger partial charge in [-0.1, -0.05) is 15.9 Å². The number of amides is 1. The van der Waals surface area contributed by atoms with Gasteiger partial charge in [-0.15, -0.1) is 5.10 Å². The van der Waals surface area contributed by atoms with E-state index < -0.39 is 5.91 Å². The van der Waals surface area contributed by atoms with Crippen LogP contribution in [0.1, 0.15) is 10.4 Å². The number of hydrogen-bond acceptors (Lipinski definition) is 7. The normalized spacial score (nSPS) is 10.5. The molecule has 0 unspecified atom stereocenters. The van der Waals surface area contributed by atoms with Crippen molar-refractivity contribution in [2.75, 3.05) is 19.5 Å². The minimum absolute atomic E-state index is 0.123. The van der Waals surface area contributed by atoms with Crippen molar-refractivity contribution >= 4 is 27.8 Å². The average Bonchev–Trinajstić information content (AvgIpc) is 3.28. The first-order valence-corrected chi connectivity index (χ1v) is 10.2. The van der Waals surface area contributed by atoms with Crippen LogP contribution in [0, 0.1) is 0 Å². The van der Waals surface area contributed by atoms with E-state index in [9.17, 15) is 4.79 Å². The third-order valence-electron chi connectivity index (χ3n) is 4.41. The van der Waals surface area contributed by atoms with Crippen molar-refractivity contribution in [3.63, 3.8) is 0 Å². The van der Waals surface area contributed by atoms with Gasteiger partial charge in [-0.2, -0.15) is 4.98 Å². The van der Waals surface area contributed by atoms with E-state index in [-0.39, 0.29) is 5.95 Å². The fourth-order valence-electron chi connectivity index (χ4n) is 2.80. The highest BCUT2D eigenvalue weighted by Crippen LogP contribution is 2.31. The smallest absolute Gasteiger partial charge is 0.259 e. The molecule has 2 aromatic carbocycles. The zero-order valence-electron chi connectivity index (χ0n) is 17.1. The predicted octanol–water partition coefficient (Wildman–Crippen LogP) is 4.69. The second kappa shape index (κ2) is 9.48. The van der Waals surface area contributed by atoms with Crippen molar-refractivity contribution in [1.82, 2.24) is 20.2 Å². The largest absolute Gasteiger partial charge is 0.497 e. The van der Waals surface area contributed by atoms with Crippen molar-refractivity contribution in [3.8, 4) is 34.5 Å². The van der Waals surface area contributed by atoms with Crippen LogP contribution in [0.2, 0.25) is 0 Å². The number of benzene rings is 2. The molecule has 1 amide bonds. The molecule has 162 valence electrons. The maximum absolute atomic E-state index is 12.5. The Morgan fingerprint density at radius 2 is 1.78 bits per heavy atom. The summed E-state index contributed by atoms with van der Waals surface area (Å²) in [4.78, 5) is 21.0. The lowest BCUT2D eigenvalue weighted by Gasteiger charge is -2.07. The van der Waals surface area contributed by atoms with Gasteiger partial charge < -0.3 is 14.2 Å². The quantitative estimate of drug-likeness (QED) is 0.382. The molecule has 9 nitrogen and oxygen atoms in total. The Labute approximate surface area is 191 Å². The Kier molecular flexibility index (Phi) is 6.31. The Hall–Kier alpha value is -3.92. The van der Waals surface area contributed by atoms with E-state index in [1.165, 1.54) is 6.20 Å². The van der Waals surface area contributed by atoms with E-state index in [0.717, 1.165) is 4.47 Å². The van der Waals surface area contributed by atoms with Crippen LogP contribution in [-0.4, -0.2) is 40.3 Å². The van der Waals surface area contributed by atoms with Gasteiger partial charge in [-0.3, -0.25) is 15.2 Å². The number of carbonyl (C=O) groups excluding carboxylic acids is 1. The number of pyridine rings is 1. The van der Waals surface area contributed by atoms with Crippen LogP contribution in [-0.2, 0) is 0 Å². The zero-order valence-corrected chi connectivity index (χ0v) is 18.7. The molecule has 4 aromatic rings. The van der Waals surface area contributed by atoms with E-state index >= 15 is 0 Å². The van der Waals surface area contributed by atoms with Gasteiger partial charge in [0.25, 0.3) is 5.91 Å². The number of anilines is 1. The molecule has 0 fully saturated rings. The van der Waals surface area contributed by atoms with Crippen LogP contribution in [0.4, 0.5) is 5.95 Å². The number of methoxy groups -OCH3 is 2. The molecule has 2 heterocycles. The molecule has 32 heavy (non-hydrogen) atoms. The minimum atomic E-state index is -0.403. The summed E-state index contributed by atoms with van der Waals surface area (Å²) in [6.07, 6.45) is 1.42. The summed E-state index contributed by atoms with van der Waals surface area (Å²) in [5.41, 5.74) is 1.01. The van der Waals surface area contributed by atoms with Crippen LogP contribution in [0.15, 0.2) is 65.3 Å². The van der Waals surface area contributed by atoms with E-state index in [2.05, 4.69) is 41.4 Å². The van der Waals surface area contributed by atoms with Crippen molar-refractivity contribution < 1.29 is 19.0 Å². The fraction of sp³-hybridized carbons (Fsp3) is 0.0909. The predicted molar refractivity (Wildman–Crippen MR) is 121 cm³/mol. The molecular weight excluding hydrogens is 478 g/mol. The van der Waals surface area contributed by atoms with E-state index in [0.29, 0.717) is 40.1 Å². The second-order valence-corrected chi connectivity index (χ2v) is 7.38. The molecular formula is C22H18BrN5O4. The molecule has 0 atom stereocenters. The summed E-state index contributed by atoms with van der Waals surface area (Å²) in [5.74, 6) is 2.38. The number of nitrogens with zero attached hydrogens (tertiary/aromatic N) is 3. The number of aromatic amines is 1. The van der Waals surface area contributed by atoms with Crippen LogP contribution in [0.25, 0.3) is 11.4 Å². The van der Waals surface area contributed by atoms with Crippen molar-refractivity contribution in [2.45, 2.75) is 0 Å². The maximum atomic E-state index is 12.5. The fourth-order valence-corrected chi connectivity index (χ4v) is 3.07. The number of H-pyrrole nitrogens is 1. The number of hydrogen-bond donors (Lipinski definition) is 2. The highest BCUT2D eigenvalue weighted by Gasteiger charge is 2.15. The minimum Gasteiger partial charge on any atom is -0.497 e. The van der Waals surface area contributed by atoms with Gasteiger partial charge in [0.15, 0.2) is 5.82 Å². The standard InChI is InChI=1S/C22H18BrN5O4/c1-30-16-8-9-17(18(11-16)31-2)20-25-22(28-27-20)26-21(29)13-3-10-19(24-12-13)32-15-6-4-14(23)5-7-15/h3-12H,1-2H3,(H2,25,26,27,28,29). The topological polar surface area (TPSA) is 111 Å². The van der Waals surface area contributed by atoms with E-state index in [4.69, 9.17) is 14.2 Å². The summed E-state index contributed by atoms with van der Waals surface area (Å²) >= 11 is 3.37. The molecule has 2 aromatic heterocycles. The third-order valence-corrected chi connectivity index (χ3v) is 4.94. The molecule has 10 heteroatoms. The summed E-state index contributed by atoms with van der Waals surface area (Å²) in [5, 5.41) is 9.49. The summed E-state index contributed by atoms with van der Waals surface area (Å²) < 4.78 is 17.2. The third kappa shape index (κ3) is 4.86. The summed E-state index contributed by atoms with van der Waals surface area (Å²) in [6, 6.07) is 15.9. The van der Waals surface area contributed by atoms with E-state index in [1.54, 1.807) is 44.6 Å². The van der Waals surface area contributed by atoms with Crippen LogP contribution in [0.5, 0.6) is 23.1 Å².